The Morgan fingerprint density at radius 1 is 1.25 bits per heavy atom. The minimum absolute atomic E-state index is 0.0608. The van der Waals surface area contributed by atoms with Crippen molar-refractivity contribution in [3.63, 3.8) is 0 Å². The summed E-state index contributed by atoms with van der Waals surface area (Å²) in [5.74, 6) is -1.13. The molecule has 118 valence electrons. The van der Waals surface area contributed by atoms with Gasteiger partial charge in [-0.05, 0) is 33.1 Å². The first-order valence-corrected chi connectivity index (χ1v) is 7.46. The van der Waals surface area contributed by atoms with Gasteiger partial charge in [0.15, 0.2) is 0 Å². The van der Waals surface area contributed by atoms with Gasteiger partial charge >= 0.3 is 6.18 Å². The zero-order valence-electron chi connectivity index (χ0n) is 12.3. The second-order valence-corrected chi connectivity index (χ2v) is 5.37. The molecule has 1 rings (SSSR count). The Bertz CT molecular complexity index is 303. The van der Waals surface area contributed by atoms with Gasteiger partial charge in [-0.2, -0.15) is 13.2 Å². The predicted octanol–water partition coefficient (Wildman–Crippen LogP) is 2.96. The van der Waals surface area contributed by atoms with Gasteiger partial charge in [-0.15, -0.1) is 0 Å². The lowest BCUT2D eigenvalue weighted by Gasteiger charge is -2.31. The monoisotopic (exact) mass is 294 g/mol. The second kappa shape index (κ2) is 7.86. The van der Waals surface area contributed by atoms with Crippen LogP contribution in [0.4, 0.5) is 13.2 Å². The number of carbonyl (C=O) groups is 1. The highest BCUT2D eigenvalue weighted by Crippen LogP contribution is 2.37. The first-order chi connectivity index (χ1) is 9.38. The quantitative estimate of drug-likeness (QED) is 0.817. The number of rotatable bonds is 6. The van der Waals surface area contributed by atoms with E-state index in [1.54, 1.807) is 4.90 Å². The highest BCUT2D eigenvalue weighted by atomic mass is 19.4. The molecule has 1 fully saturated rings. The SMILES string of the molecule is CCN(CC)C(=O)CCNC1CCCC(C(F)(F)F)C1. The van der Waals surface area contributed by atoms with Crippen molar-refractivity contribution in [3.05, 3.63) is 0 Å². The van der Waals surface area contributed by atoms with E-state index in [1.807, 2.05) is 13.8 Å². The Hall–Kier alpha value is -0.780. The van der Waals surface area contributed by atoms with Crippen molar-refractivity contribution in [3.8, 4) is 0 Å². The molecular formula is C14H25F3N2O. The highest BCUT2D eigenvalue weighted by Gasteiger charge is 2.41. The van der Waals surface area contributed by atoms with Gasteiger partial charge in [0.1, 0.15) is 0 Å². The van der Waals surface area contributed by atoms with Gasteiger partial charge in [0.2, 0.25) is 5.91 Å². The summed E-state index contributed by atoms with van der Waals surface area (Å²) in [5, 5.41) is 3.11. The summed E-state index contributed by atoms with van der Waals surface area (Å²) in [6.45, 7) is 5.65. The van der Waals surface area contributed by atoms with Gasteiger partial charge in [-0.3, -0.25) is 4.79 Å². The largest absolute Gasteiger partial charge is 0.391 e. The molecule has 20 heavy (non-hydrogen) atoms. The molecule has 0 aliphatic heterocycles. The molecule has 0 saturated heterocycles. The number of nitrogens with zero attached hydrogens (tertiary/aromatic N) is 1. The number of nitrogens with one attached hydrogen (secondary N) is 1. The van der Waals surface area contributed by atoms with Crippen LogP contribution >= 0.6 is 0 Å². The molecule has 0 aromatic carbocycles. The molecule has 1 amide bonds. The third-order valence-electron chi connectivity index (χ3n) is 4.03. The van der Waals surface area contributed by atoms with Crippen molar-refractivity contribution < 1.29 is 18.0 Å². The van der Waals surface area contributed by atoms with Gasteiger partial charge in [-0.1, -0.05) is 6.42 Å². The van der Waals surface area contributed by atoms with E-state index in [0.29, 0.717) is 32.5 Å². The average molecular weight is 294 g/mol. The summed E-state index contributed by atoms with van der Waals surface area (Å²) in [6, 6.07) is -0.111. The van der Waals surface area contributed by atoms with Gasteiger partial charge in [-0.25, -0.2) is 0 Å². The van der Waals surface area contributed by atoms with Crippen LogP contribution in [0.2, 0.25) is 0 Å². The second-order valence-electron chi connectivity index (χ2n) is 5.37. The maximum Gasteiger partial charge on any atom is 0.391 e. The Labute approximate surface area is 118 Å². The van der Waals surface area contributed by atoms with Crippen LogP contribution in [0.3, 0.4) is 0 Å². The molecule has 1 aliphatic rings. The smallest absolute Gasteiger partial charge is 0.343 e. The van der Waals surface area contributed by atoms with E-state index in [-0.39, 0.29) is 24.8 Å². The maximum absolute atomic E-state index is 12.7. The van der Waals surface area contributed by atoms with Gasteiger partial charge in [0.25, 0.3) is 0 Å². The fraction of sp³-hybridized carbons (Fsp3) is 0.929. The standard InChI is InChI=1S/C14H25F3N2O/c1-3-19(4-2)13(20)8-9-18-12-7-5-6-11(10-12)14(15,16)17/h11-12,18H,3-10H2,1-2H3. The molecule has 0 aromatic rings. The molecule has 1 N–H and O–H groups in total. The molecular weight excluding hydrogens is 269 g/mol. The third-order valence-corrected chi connectivity index (χ3v) is 4.03. The van der Waals surface area contributed by atoms with Gasteiger partial charge < -0.3 is 10.2 Å². The van der Waals surface area contributed by atoms with Crippen LogP contribution in [0.1, 0.15) is 46.0 Å². The van der Waals surface area contributed by atoms with Crippen LogP contribution in [0.5, 0.6) is 0 Å². The van der Waals surface area contributed by atoms with Crippen molar-refractivity contribution >= 4 is 5.91 Å². The Kier molecular flexibility index (Phi) is 6.79. The Morgan fingerprint density at radius 2 is 1.90 bits per heavy atom. The minimum atomic E-state index is -4.09. The fourth-order valence-electron chi connectivity index (χ4n) is 2.79. The zero-order valence-corrected chi connectivity index (χ0v) is 12.3. The molecule has 0 heterocycles. The van der Waals surface area contributed by atoms with Crippen LogP contribution in [-0.4, -0.2) is 42.7 Å². The van der Waals surface area contributed by atoms with Crippen molar-refractivity contribution in [2.75, 3.05) is 19.6 Å². The molecule has 0 spiro atoms. The van der Waals surface area contributed by atoms with E-state index in [0.717, 1.165) is 6.42 Å². The molecule has 0 radical (unpaired) electrons. The van der Waals surface area contributed by atoms with Gasteiger partial charge in [0.05, 0.1) is 5.92 Å². The number of carbonyl (C=O) groups excluding carboxylic acids is 1. The molecule has 1 saturated carbocycles. The summed E-state index contributed by atoms with van der Waals surface area (Å²) in [7, 11) is 0. The van der Waals surface area contributed by atoms with Crippen molar-refractivity contribution in [1.82, 2.24) is 10.2 Å². The topological polar surface area (TPSA) is 32.3 Å². The molecule has 6 heteroatoms. The fourth-order valence-corrected chi connectivity index (χ4v) is 2.79. The molecule has 0 bridgehead atoms. The summed E-state index contributed by atoms with van der Waals surface area (Å²) in [4.78, 5) is 13.5. The van der Waals surface area contributed by atoms with Crippen molar-refractivity contribution in [2.45, 2.75) is 58.2 Å². The lowest BCUT2D eigenvalue weighted by atomic mass is 9.85. The number of hydrogen-bond acceptors (Lipinski definition) is 2. The van der Waals surface area contributed by atoms with E-state index in [9.17, 15) is 18.0 Å². The van der Waals surface area contributed by atoms with E-state index in [4.69, 9.17) is 0 Å². The summed E-state index contributed by atoms with van der Waals surface area (Å²) < 4.78 is 38.0. The average Bonchev–Trinajstić information content (AvgIpc) is 2.39. The van der Waals surface area contributed by atoms with E-state index < -0.39 is 12.1 Å². The van der Waals surface area contributed by atoms with Crippen LogP contribution in [-0.2, 0) is 4.79 Å². The number of amides is 1. The highest BCUT2D eigenvalue weighted by molar-refractivity contribution is 5.76. The zero-order chi connectivity index (χ0) is 15.2. The van der Waals surface area contributed by atoms with E-state index in [1.165, 1.54) is 0 Å². The minimum Gasteiger partial charge on any atom is -0.343 e. The van der Waals surface area contributed by atoms with Gasteiger partial charge in [0, 0.05) is 32.1 Å². The number of hydrogen-bond donors (Lipinski definition) is 1. The molecule has 2 unspecified atom stereocenters. The molecule has 0 aromatic heterocycles. The number of halogens is 3. The van der Waals surface area contributed by atoms with Crippen LogP contribution in [0.25, 0.3) is 0 Å². The summed E-state index contributed by atoms with van der Waals surface area (Å²) >= 11 is 0. The van der Waals surface area contributed by atoms with Crippen molar-refractivity contribution in [2.24, 2.45) is 5.92 Å². The first-order valence-electron chi connectivity index (χ1n) is 7.46. The summed E-state index contributed by atoms with van der Waals surface area (Å²) in [6.07, 6.45) is -1.98. The molecule has 3 nitrogen and oxygen atoms in total. The Morgan fingerprint density at radius 3 is 2.45 bits per heavy atom. The van der Waals surface area contributed by atoms with Crippen LogP contribution in [0, 0.1) is 5.92 Å². The van der Waals surface area contributed by atoms with E-state index >= 15 is 0 Å². The van der Waals surface area contributed by atoms with Crippen LogP contribution in [0.15, 0.2) is 0 Å². The first kappa shape index (κ1) is 17.3. The number of alkyl halides is 3. The normalized spacial score (nSPS) is 23.6. The van der Waals surface area contributed by atoms with E-state index in [2.05, 4.69) is 5.32 Å². The predicted molar refractivity (Wildman–Crippen MR) is 72.3 cm³/mol. The lowest BCUT2D eigenvalue weighted by molar-refractivity contribution is -0.183. The lowest BCUT2D eigenvalue weighted by Crippen LogP contribution is -2.40. The van der Waals surface area contributed by atoms with Crippen molar-refractivity contribution in [1.29, 1.82) is 0 Å². The maximum atomic E-state index is 12.7. The molecule has 1 aliphatic carbocycles. The Balaban J connectivity index is 2.30. The molecule has 2 atom stereocenters. The third kappa shape index (κ3) is 5.31. The summed E-state index contributed by atoms with van der Waals surface area (Å²) in [5.41, 5.74) is 0. The van der Waals surface area contributed by atoms with Crippen LogP contribution < -0.4 is 5.32 Å².